The van der Waals surface area contributed by atoms with Gasteiger partial charge in [-0.25, -0.2) is 0 Å². The lowest BCUT2D eigenvalue weighted by Gasteiger charge is -2.34. The van der Waals surface area contributed by atoms with Gasteiger partial charge in [0.2, 0.25) is 5.91 Å². The number of aliphatic carboxylic acids is 1. The summed E-state index contributed by atoms with van der Waals surface area (Å²) in [6.07, 6.45) is 6.67. The fraction of sp³-hybridized carbons (Fsp3) is 0.867. The molecule has 0 aromatic heterocycles. The minimum absolute atomic E-state index is 0.0961. The zero-order chi connectivity index (χ0) is 14.1. The Bertz CT molecular complexity index is 366. The summed E-state index contributed by atoms with van der Waals surface area (Å²) in [5.41, 5.74) is -1.01. The molecule has 0 atom stereocenters. The van der Waals surface area contributed by atoms with Gasteiger partial charge in [-0.3, -0.25) is 9.59 Å². The van der Waals surface area contributed by atoms with Crippen LogP contribution in [-0.4, -0.2) is 22.5 Å². The van der Waals surface area contributed by atoms with Crippen molar-refractivity contribution in [2.75, 3.05) is 0 Å². The molecule has 2 aliphatic rings. The van der Waals surface area contributed by atoms with E-state index in [1.165, 1.54) is 0 Å². The maximum absolute atomic E-state index is 12.2. The standard InChI is InChI=1S/C15H25NO3/c1-14(2,11-6-7-11)16-12(17)10-15(13(18)19)8-4-3-5-9-15/h11H,3-10H2,1-2H3,(H,16,17)(H,18,19). The van der Waals surface area contributed by atoms with Crippen LogP contribution in [0.4, 0.5) is 0 Å². The lowest BCUT2D eigenvalue weighted by molar-refractivity contribution is -0.154. The van der Waals surface area contributed by atoms with Crippen LogP contribution in [0.3, 0.4) is 0 Å². The number of amides is 1. The summed E-state index contributed by atoms with van der Waals surface area (Å²) in [7, 11) is 0. The lowest BCUT2D eigenvalue weighted by atomic mass is 9.71. The number of carbonyl (C=O) groups excluding carboxylic acids is 1. The van der Waals surface area contributed by atoms with E-state index < -0.39 is 11.4 Å². The fourth-order valence-electron chi connectivity index (χ4n) is 3.31. The number of hydrogen-bond acceptors (Lipinski definition) is 2. The van der Waals surface area contributed by atoms with E-state index in [-0.39, 0.29) is 17.9 Å². The molecular formula is C15H25NO3. The molecule has 0 bridgehead atoms. The first kappa shape index (κ1) is 14.4. The number of carboxylic acid groups (broad SMARTS) is 1. The Labute approximate surface area is 115 Å². The predicted octanol–water partition coefficient (Wildman–Crippen LogP) is 2.72. The first-order valence-electron chi connectivity index (χ1n) is 7.40. The van der Waals surface area contributed by atoms with Gasteiger partial charge in [0.25, 0.3) is 0 Å². The molecule has 0 radical (unpaired) electrons. The number of carbonyl (C=O) groups is 2. The third-order valence-corrected chi connectivity index (χ3v) is 4.82. The highest BCUT2D eigenvalue weighted by Crippen LogP contribution is 2.41. The zero-order valence-electron chi connectivity index (χ0n) is 12.0. The van der Waals surface area contributed by atoms with E-state index in [2.05, 4.69) is 5.32 Å². The van der Waals surface area contributed by atoms with Crippen LogP contribution in [0.15, 0.2) is 0 Å². The maximum atomic E-state index is 12.2. The molecule has 0 aliphatic heterocycles. The van der Waals surface area contributed by atoms with Gasteiger partial charge < -0.3 is 10.4 Å². The van der Waals surface area contributed by atoms with Crippen molar-refractivity contribution in [1.82, 2.24) is 5.32 Å². The summed E-state index contributed by atoms with van der Waals surface area (Å²) >= 11 is 0. The molecule has 2 aliphatic carbocycles. The third-order valence-electron chi connectivity index (χ3n) is 4.82. The van der Waals surface area contributed by atoms with Gasteiger partial charge in [-0.15, -0.1) is 0 Å². The van der Waals surface area contributed by atoms with E-state index >= 15 is 0 Å². The second-order valence-electron chi connectivity index (χ2n) is 6.87. The molecular weight excluding hydrogens is 242 g/mol. The summed E-state index contributed by atoms with van der Waals surface area (Å²) < 4.78 is 0. The Kier molecular flexibility index (Phi) is 3.88. The molecule has 0 saturated heterocycles. The molecule has 108 valence electrons. The van der Waals surface area contributed by atoms with E-state index in [1.54, 1.807) is 0 Å². The fourth-order valence-corrected chi connectivity index (χ4v) is 3.31. The Balaban J connectivity index is 1.97. The molecule has 2 N–H and O–H groups in total. The van der Waals surface area contributed by atoms with Gasteiger partial charge >= 0.3 is 5.97 Å². The van der Waals surface area contributed by atoms with Crippen molar-refractivity contribution in [3.05, 3.63) is 0 Å². The molecule has 0 spiro atoms. The van der Waals surface area contributed by atoms with Crippen LogP contribution in [0.5, 0.6) is 0 Å². The molecule has 4 heteroatoms. The van der Waals surface area contributed by atoms with Gasteiger partial charge in [0.1, 0.15) is 0 Å². The predicted molar refractivity (Wildman–Crippen MR) is 72.7 cm³/mol. The van der Waals surface area contributed by atoms with Gasteiger partial charge in [0, 0.05) is 12.0 Å². The van der Waals surface area contributed by atoms with Crippen LogP contribution in [-0.2, 0) is 9.59 Å². The molecule has 0 aromatic rings. The van der Waals surface area contributed by atoms with E-state index in [0.29, 0.717) is 18.8 Å². The normalized spacial score (nSPS) is 22.8. The Morgan fingerprint density at radius 2 is 1.79 bits per heavy atom. The summed E-state index contributed by atoms with van der Waals surface area (Å²) in [6.45, 7) is 4.08. The Morgan fingerprint density at radius 1 is 1.21 bits per heavy atom. The third kappa shape index (κ3) is 3.28. The van der Waals surface area contributed by atoms with Crippen molar-refractivity contribution in [2.24, 2.45) is 11.3 Å². The van der Waals surface area contributed by atoms with Crippen LogP contribution >= 0.6 is 0 Å². The first-order valence-corrected chi connectivity index (χ1v) is 7.40. The molecule has 2 fully saturated rings. The highest BCUT2D eigenvalue weighted by molar-refractivity contribution is 5.85. The van der Waals surface area contributed by atoms with Crippen LogP contribution in [0, 0.1) is 11.3 Å². The van der Waals surface area contributed by atoms with Crippen molar-refractivity contribution in [2.45, 2.75) is 70.8 Å². The van der Waals surface area contributed by atoms with Crippen molar-refractivity contribution in [3.8, 4) is 0 Å². The average molecular weight is 267 g/mol. The van der Waals surface area contributed by atoms with E-state index in [1.807, 2.05) is 13.8 Å². The van der Waals surface area contributed by atoms with Gasteiger partial charge in [0.15, 0.2) is 0 Å². The van der Waals surface area contributed by atoms with E-state index in [0.717, 1.165) is 32.1 Å². The van der Waals surface area contributed by atoms with Crippen molar-refractivity contribution < 1.29 is 14.7 Å². The SMILES string of the molecule is CC(C)(NC(=O)CC1(C(=O)O)CCCCC1)C1CC1. The number of nitrogens with one attached hydrogen (secondary N) is 1. The summed E-state index contributed by atoms with van der Waals surface area (Å²) in [4.78, 5) is 23.7. The highest BCUT2D eigenvalue weighted by atomic mass is 16.4. The van der Waals surface area contributed by atoms with Crippen molar-refractivity contribution >= 4 is 11.9 Å². The lowest BCUT2D eigenvalue weighted by Crippen LogP contribution is -2.48. The summed E-state index contributed by atoms with van der Waals surface area (Å²) in [5, 5.41) is 12.5. The van der Waals surface area contributed by atoms with E-state index in [4.69, 9.17) is 0 Å². The molecule has 2 rings (SSSR count). The monoisotopic (exact) mass is 267 g/mol. The minimum atomic E-state index is -0.817. The topological polar surface area (TPSA) is 66.4 Å². The van der Waals surface area contributed by atoms with Gasteiger partial charge in [0.05, 0.1) is 5.41 Å². The molecule has 1 amide bonds. The number of carboxylic acids is 1. The van der Waals surface area contributed by atoms with Gasteiger partial charge in [-0.05, 0) is 45.4 Å². The summed E-state index contributed by atoms with van der Waals surface area (Å²) in [6, 6.07) is 0. The molecule has 0 unspecified atom stereocenters. The van der Waals surface area contributed by atoms with Crippen LogP contribution < -0.4 is 5.32 Å². The Morgan fingerprint density at radius 3 is 2.26 bits per heavy atom. The van der Waals surface area contributed by atoms with Crippen LogP contribution in [0.2, 0.25) is 0 Å². The van der Waals surface area contributed by atoms with Crippen LogP contribution in [0.1, 0.15) is 65.2 Å². The molecule has 2 saturated carbocycles. The van der Waals surface area contributed by atoms with Gasteiger partial charge in [-0.1, -0.05) is 19.3 Å². The molecule has 19 heavy (non-hydrogen) atoms. The second-order valence-corrected chi connectivity index (χ2v) is 6.87. The quantitative estimate of drug-likeness (QED) is 0.805. The highest BCUT2D eigenvalue weighted by Gasteiger charge is 2.44. The zero-order valence-corrected chi connectivity index (χ0v) is 12.0. The molecule has 0 heterocycles. The smallest absolute Gasteiger partial charge is 0.310 e. The second kappa shape index (κ2) is 5.14. The van der Waals surface area contributed by atoms with Gasteiger partial charge in [-0.2, -0.15) is 0 Å². The van der Waals surface area contributed by atoms with E-state index in [9.17, 15) is 14.7 Å². The summed E-state index contributed by atoms with van der Waals surface area (Å²) in [5.74, 6) is -0.337. The van der Waals surface area contributed by atoms with Crippen LogP contribution in [0.25, 0.3) is 0 Å². The average Bonchev–Trinajstić information content (AvgIpc) is 3.12. The van der Waals surface area contributed by atoms with Crippen molar-refractivity contribution in [1.29, 1.82) is 0 Å². The van der Waals surface area contributed by atoms with Crippen molar-refractivity contribution in [3.63, 3.8) is 0 Å². The number of hydrogen-bond donors (Lipinski definition) is 2. The minimum Gasteiger partial charge on any atom is -0.481 e. The molecule has 4 nitrogen and oxygen atoms in total. The Hall–Kier alpha value is -1.06. The molecule has 0 aromatic carbocycles. The maximum Gasteiger partial charge on any atom is 0.310 e. The largest absolute Gasteiger partial charge is 0.481 e. The first-order chi connectivity index (χ1) is 8.86. The number of rotatable bonds is 5.